The van der Waals surface area contributed by atoms with Gasteiger partial charge in [-0.25, -0.2) is 8.42 Å². The normalized spacial score (nSPS) is 11.8. The van der Waals surface area contributed by atoms with Crippen molar-refractivity contribution in [1.29, 1.82) is 0 Å². The van der Waals surface area contributed by atoms with Crippen LogP contribution in [0.5, 0.6) is 5.75 Å². The highest BCUT2D eigenvalue weighted by Crippen LogP contribution is 2.26. The third kappa shape index (κ3) is 8.48. The maximum Gasteiger partial charge on any atom is 0.264 e. The lowest BCUT2D eigenvalue weighted by atomic mass is 10.0. The summed E-state index contributed by atoms with van der Waals surface area (Å²) in [5, 5.41) is 2.87. The quantitative estimate of drug-likeness (QED) is 0.182. The number of rotatable bonds is 14. The minimum absolute atomic E-state index is 0.0145. The molecule has 1 N–H and O–H groups in total. The monoisotopic (exact) mass is 677 g/mol. The Kier molecular flexibility index (Phi) is 11.6. The molecule has 0 aliphatic rings. The highest BCUT2D eigenvalue weighted by molar-refractivity contribution is 9.10. The lowest BCUT2D eigenvalue weighted by Gasteiger charge is -2.33. The number of sulfonamides is 1. The van der Waals surface area contributed by atoms with Crippen LogP contribution in [-0.2, 0) is 32.6 Å². The lowest BCUT2D eigenvalue weighted by Crippen LogP contribution is -2.53. The van der Waals surface area contributed by atoms with Gasteiger partial charge < -0.3 is 15.0 Å². The number of nitrogens with one attached hydrogen (secondary N) is 1. The van der Waals surface area contributed by atoms with Crippen LogP contribution in [0, 0.1) is 0 Å². The molecule has 44 heavy (non-hydrogen) atoms. The number of ether oxygens (including phenoxy) is 1. The molecule has 2 amide bonds. The SMILES string of the molecule is CCNC(=O)[C@H](Cc1ccccc1)N(Cc1cccc(Br)c1)C(=O)CN(c1ccccc1)S(=O)(=O)c1ccc(OCC)cc1. The number of benzene rings is 4. The fourth-order valence-electron chi connectivity index (χ4n) is 4.80. The minimum Gasteiger partial charge on any atom is -0.494 e. The zero-order valence-electron chi connectivity index (χ0n) is 24.7. The largest absolute Gasteiger partial charge is 0.494 e. The third-order valence-corrected chi connectivity index (χ3v) is 9.19. The van der Waals surface area contributed by atoms with E-state index in [0.29, 0.717) is 24.6 Å². The van der Waals surface area contributed by atoms with Crippen molar-refractivity contribution in [2.24, 2.45) is 0 Å². The van der Waals surface area contributed by atoms with Crippen LogP contribution in [0.1, 0.15) is 25.0 Å². The topological polar surface area (TPSA) is 96.0 Å². The molecule has 0 heterocycles. The van der Waals surface area contributed by atoms with Gasteiger partial charge in [-0.1, -0.05) is 76.6 Å². The second-order valence-electron chi connectivity index (χ2n) is 10.0. The number of anilines is 1. The van der Waals surface area contributed by atoms with Crippen LogP contribution in [0.15, 0.2) is 119 Å². The molecule has 230 valence electrons. The number of halogens is 1. The molecule has 8 nitrogen and oxygen atoms in total. The van der Waals surface area contributed by atoms with Gasteiger partial charge in [-0.3, -0.25) is 13.9 Å². The molecular formula is C34H36BrN3O5S. The van der Waals surface area contributed by atoms with Crippen molar-refractivity contribution >= 4 is 43.5 Å². The van der Waals surface area contributed by atoms with Gasteiger partial charge in [0, 0.05) is 24.0 Å². The van der Waals surface area contributed by atoms with Crippen LogP contribution in [0.4, 0.5) is 5.69 Å². The first kappa shape index (κ1) is 32.8. The summed E-state index contributed by atoms with van der Waals surface area (Å²) >= 11 is 3.49. The molecule has 0 radical (unpaired) electrons. The fourth-order valence-corrected chi connectivity index (χ4v) is 6.66. The standard InChI is InChI=1S/C34H36BrN3O5S/c1-3-36-34(40)32(23-26-12-7-5-8-13-26)37(24-27-14-11-15-28(35)22-27)33(39)25-38(29-16-9-6-10-17-29)44(41,42)31-20-18-30(19-21-31)43-4-2/h5-22,32H,3-4,23-25H2,1-2H3,(H,36,40)/t32-/m0/s1. The number of carbonyl (C=O) groups excluding carboxylic acids is 2. The summed E-state index contributed by atoms with van der Waals surface area (Å²) in [6, 6.07) is 30.6. The number of likely N-dealkylation sites (N-methyl/N-ethyl adjacent to an activating group) is 1. The Hall–Kier alpha value is -4.15. The summed E-state index contributed by atoms with van der Waals surface area (Å²) in [4.78, 5) is 29.4. The third-order valence-electron chi connectivity index (χ3n) is 6.91. The number of carbonyl (C=O) groups is 2. The number of hydrogen-bond donors (Lipinski definition) is 1. The van der Waals surface area contributed by atoms with Gasteiger partial charge in [0.1, 0.15) is 18.3 Å². The number of hydrogen-bond acceptors (Lipinski definition) is 5. The van der Waals surface area contributed by atoms with Gasteiger partial charge in [0.2, 0.25) is 11.8 Å². The van der Waals surface area contributed by atoms with E-state index >= 15 is 0 Å². The van der Waals surface area contributed by atoms with Crippen molar-refractivity contribution in [1.82, 2.24) is 10.2 Å². The average Bonchev–Trinajstić information content (AvgIpc) is 3.03. The van der Waals surface area contributed by atoms with Crippen LogP contribution in [0.25, 0.3) is 0 Å². The van der Waals surface area contributed by atoms with Gasteiger partial charge >= 0.3 is 0 Å². The molecule has 0 spiro atoms. The van der Waals surface area contributed by atoms with Gasteiger partial charge in [0.25, 0.3) is 10.0 Å². The van der Waals surface area contributed by atoms with Crippen molar-refractivity contribution in [2.75, 3.05) is 24.0 Å². The number of nitrogens with zero attached hydrogens (tertiary/aromatic N) is 2. The van der Waals surface area contributed by atoms with E-state index in [2.05, 4.69) is 21.2 Å². The molecule has 4 aromatic carbocycles. The first-order valence-corrected chi connectivity index (χ1v) is 16.6. The predicted molar refractivity (Wildman–Crippen MR) is 176 cm³/mol. The number of para-hydroxylation sites is 1. The summed E-state index contributed by atoms with van der Waals surface area (Å²) in [7, 11) is -4.19. The maximum atomic E-state index is 14.4. The summed E-state index contributed by atoms with van der Waals surface area (Å²) < 4.78 is 35.6. The van der Waals surface area contributed by atoms with Gasteiger partial charge in [-0.05, 0) is 73.5 Å². The fraction of sp³-hybridized carbons (Fsp3) is 0.235. The average molecular weight is 679 g/mol. The summed E-state index contributed by atoms with van der Waals surface area (Å²) in [5.41, 5.74) is 1.99. The van der Waals surface area contributed by atoms with E-state index in [4.69, 9.17) is 4.74 Å². The smallest absolute Gasteiger partial charge is 0.264 e. The van der Waals surface area contributed by atoms with E-state index in [0.717, 1.165) is 19.9 Å². The molecule has 10 heteroatoms. The van der Waals surface area contributed by atoms with Gasteiger partial charge in [-0.15, -0.1) is 0 Å². The van der Waals surface area contributed by atoms with Crippen LogP contribution in [-0.4, -0.2) is 50.9 Å². The van der Waals surface area contributed by atoms with Gasteiger partial charge in [0.15, 0.2) is 0 Å². The van der Waals surface area contributed by atoms with Crippen molar-refractivity contribution in [2.45, 2.75) is 37.8 Å². The molecule has 4 aromatic rings. The molecular weight excluding hydrogens is 642 g/mol. The van der Waals surface area contributed by atoms with Crippen molar-refractivity contribution in [3.8, 4) is 5.75 Å². The Morgan fingerprint density at radius 3 is 2.09 bits per heavy atom. The Morgan fingerprint density at radius 1 is 0.841 bits per heavy atom. The van der Waals surface area contributed by atoms with E-state index in [1.54, 1.807) is 42.5 Å². The molecule has 0 fully saturated rings. The van der Waals surface area contributed by atoms with Crippen LogP contribution in [0.3, 0.4) is 0 Å². The van der Waals surface area contributed by atoms with Crippen LogP contribution < -0.4 is 14.4 Å². The Balaban J connectivity index is 1.76. The van der Waals surface area contributed by atoms with Crippen molar-refractivity contribution in [3.63, 3.8) is 0 Å². The van der Waals surface area contributed by atoms with E-state index in [9.17, 15) is 18.0 Å². The molecule has 0 unspecified atom stereocenters. The number of amides is 2. The van der Waals surface area contributed by atoms with E-state index in [1.165, 1.54) is 17.0 Å². The van der Waals surface area contributed by atoms with Crippen molar-refractivity contribution < 1.29 is 22.7 Å². The molecule has 4 rings (SSSR count). The highest BCUT2D eigenvalue weighted by atomic mass is 79.9. The van der Waals surface area contributed by atoms with Crippen LogP contribution >= 0.6 is 15.9 Å². The molecule has 0 saturated heterocycles. The summed E-state index contributed by atoms with van der Waals surface area (Å²) in [5.74, 6) is -0.296. The maximum absolute atomic E-state index is 14.4. The molecule has 0 bridgehead atoms. The van der Waals surface area contributed by atoms with Gasteiger partial charge in [-0.2, -0.15) is 0 Å². The Morgan fingerprint density at radius 2 is 1.48 bits per heavy atom. The lowest BCUT2D eigenvalue weighted by molar-refractivity contribution is -0.140. The second-order valence-corrected chi connectivity index (χ2v) is 12.8. The zero-order chi connectivity index (χ0) is 31.5. The minimum atomic E-state index is -4.19. The Bertz CT molecular complexity index is 1630. The van der Waals surface area contributed by atoms with E-state index in [-0.39, 0.29) is 23.8 Å². The Labute approximate surface area is 267 Å². The molecule has 0 aromatic heterocycles. The van der Waals surface area contributed by atoms with E-state index in [1.807, 2.05) is 68.4 Å². The molecule has 0 aliphatic heterocycles. The van der Waals surface area contributed by atoms with Gasteiger partial charge in [0.05, 0.1) is 17.2 Å². The summed E-state index contributed by atoms with van der Waals surface area (Å²) in [6.07, 6.45) is 0.253. The zero-order valence-corrected chi connectivity index (χ0v) is 27.1. The highest BCUT2D eigenvalue weighted by Gasteiger charge is 2.34. The van der Waals surface area contributed by atoms with Crippen molar-refractivity contribution in [3.05, 3.63) is 125 Å². The van der Waals surface area contributed by atoms with Crippen LogP contribution in [0.2, 0.25) is 0 Å². The second kappa shape index (κ2) is 15.5. The first-order chi connectivity index (χ1) is 21.2. The first-order valence-electron chi connectivity index (χ1n) is 14.4. The molecule has 1 atom stereocenters. The van der Waals surface area contributed by atoms with E-state index < -0.39 is 28.5 Å². The summed E-state index contributed by atoms with van der Waals surface area (Å²) in [6.45, 7) is 4.07. The molecule has 0 saturated carbocycles. The molecule has 0 aliphatic carbocycles. The predicted octanol–water partition coefficient (Wildman–Crippen LogP) is 5.82.